The number of methoxy groups -OCH3 is 1. The third-order valence-electron chi connectivity index (χ3n) is 6.00. The number of nitrogens with zero attached hydrogens (tertiary/aromatic N) is 3. The average Bonchev–Trinajstić information content (AvgIpc) is 3.12. The summed E-state index contributed by atoms with van der Waals surface area (Å²) in [6.45, 7) is 7.63. The van der Waals surface area contributed by atoms with Crippen LogP contribution < -0.4 is 15.2 Å². The number of hydrogen-bond acceptors (Lipinski definition) is 6. The maximum absolute atomic E-state index is 13.1. The van der Waals surface area contributed by atoms with Crippen molar-refractivity contribution in [2.24, 2.45) is 10.2 Å². The normalized spacial score (nSPS) is 14.3. The summed E-state index contributed by atoms with van der Waals surface area (Å²) in [5.41, 5.74) is 9.55. The Morgan fingerprint density at radius 3 is 2.40 bits per heavy atom. The van der Waals surface area contributed by atoms with E-state index in [-0.39, 0.29) is 17.2 Å². The Morgan fingerprint density at radius 1 is 0.971 bits per heavy atom. The highest BCUT2D eigenvalue weighted by Gasteiger charge is 2.31. The molecular weight excluding hydrogens is 444 g/mol. The Morgan fingerprint density at radius 2 is 1.71 bits per heavy atom. The molecule has 35 heavy (non-hydrogen) atoms. The number of aromatic carboxylic acids is 1. The molecule has 8 heteroatoms. The number of hydrazone groups is 2. The predicted octanol–water partition coefficient (Wildman–Crippen LogP) is 5.18. The lowest BCUT2D eigenvalue weighted by Crippen LogP contribution is -2.28. The number of ether oxygens (including phenoxy) is 1. The van der Waals surface area contributed by atoms with Crippen LogP contribution in [0.25, 0.3) is 11.1 Å². The highest BCUT2D eigenvalue weighted by Crippen LogP contribution is 2.38. The predicted molar refractivity (Wildman–Crippen MR) is 138 cm³/mol. The third kappa shape index (κ3) is 4.50. The second-order valence-electron chi connectivity index (χ2n) is 8.36. The number of anilines is 2. The summed E-state index contributed by atoms with van der Waals surface area (Å²) >= 11 is 0. The van der Waals surface area contributed by atoms with E-state index < -0.39 is 5.97 Å². The van der Waals surface area contributed by atoms with E-state index in [1.165, 1.54) is 12.1 Å². The van der Waals surface area contributed by atoms with E-state index in [1.54, 1.807) is 31.2 Å². The number of carboxylic acids is 1. The monoisotopic (exact) mass is 470 g/mol. The Bertz CT molecular complexity index is 1410. The fourth-order valence-electron chi connectivity index (χ4n) is 3.88. The van der Waals surface area contributed by atoms with Crippen LogP contribution in [0.3, 0.4) is 0 Å². The van der Waals surface area contributed by atoms with Gasteiger partial charge in [-0.2, -0.15) is 15.2 Å². The van der Waals surface area contributed by atoms with Gasteiger partial charge in [0, 0.05) is 5.56 Å². The van der Waals surface area contributed by atoms with Gasteiger partial charge in [-0.1, -0.05) is 24.3 Å². The van der Waals surface area contributed by atoms with E-state index in [4.69, 9.17) is 4.74 Å². The lowest BCUT2D eigenvalue weighted by molar-refractivity contribution is -0.112. The molecule has 0 bridgehead atoms. The first-order valence-corrected chi connectivity index (χ1v) is 11.0. The summed E-state index contributed by atoms with van der Waals surface area (Å²) in [5.74, 6) is -0.861. The van der Waals surface area contributed by atoms with Crippen molar-refractivity contribution < 1.29 is 19.4 Å². The summed E-state index contributed by atoms with van der Waals surface area (Å²) in [4.78, 5) is 24.6. The van der Waals surface area contributed by atoms with Gasteiger partial charge < -0.3 is 9.84 Å². The lowest BCUT2D eigenvalue weighted by Gasteiger charge is -2.16. The number of para-hydroxylation sites is 1. The summed E-state index contributed by atoms with van der Waals surface area (Å²) in [5, 5.41) is 19.5. The molecule has 0 fully saturated rings. The number of amides is 1. The van der Waals surface area contributed by atoms with Crippen LogP contribution in [0.4, 0.5) is 11.4 Å². The number of rotatable bonds is 6. The molecule has 0 unspecified atom stereocenters. The molecule has 3 aromatic rings. The highest BCUT2D eigenvalue weighted by atomic mass is 16.5. The van der Waals surface area contributed by atoms with Gasteiger partial charge in [0.25, 0.3) is 0 Å². The molecule has 0 spiro atoms. The second kappa shape index (κ2) is 9.42. The van der Waals surface area contributed by atoms with Crippen molar-refractivity contribution in [3.63, 3.8) is 0 Å². The van der Waals surface area contributed by atoms with Crippen LogP contribution in [0.15, 0.2) is 64.8 Å². The van der Waals surface area contributed by atoms with Gasteiger partial charge in [0.05, 0.1) is 29.8 Å². The lowest BCUT2D eigenvalue weighted by atomic mass is 9.97. The van der Waals surface area contributed by atoms with Crippen molar-refractivity contribution in [3.05, 3.63) is 76.9 Å². The van der Waals surface area contributed by atoms with Crippen LogP contribution in [0.5, 0.6) is 5.75 Å². The van der Waals surface area contributed by atoms with Gasteiger partial charge in [-0.3, -0.25) is 10.2 Å². The van der Waals surface area contributed by atoms with Crippen molar-refractivity contribution in [1.29, 1.82) is 0 Å². The molecule has 1 heterocycles. The van der Waals surface area contributed by atoms with Crippen LogP contribution in [-0.4, -0.2) is 35.5 Å². The van der Waals surface area contributed by atoms with Crippen molar-refractivity contribution in [2.45, 2.75) is 27.7 Å². The molecule has 1 aliphatic heterocycles. The fourth-order valence-corrected chi connectivity index (χ4v) is 3.88. The minimum Gasteiger partial charge on any atom is -0.494 e. The number of aryl methyl sites for hydroxylation is 3. The van der Waals surface area contributed by atoms with Crippen LogP contribution in [0.2, 0.25) is 0 Å². The molecule has 0 saturated carbocycles. The zero-order valence-corrected chi connectivity index (χ0v) is 20.2. The number of nitrogens with one attached hydrogen (secondary N) is 1. The smallest absolute Gasteiger partial charge is 0.335 e. The van der Waals surface area contributed by atoms with Gasteiger partial charge in [-0.25, -0.2) is 4.79 Å². The number of hydrogen-bond donors (Lipinski definition) is 2. The summed E-state index contributed by atoms with van der Waals surface area (Å²) in [6, 6.07) is 16.1. The number of carbonyl (C=O) groups excluding carboxylic acids is 1. The van der Waals surface area contributed by atoms with Gasteiger partial charge in [-0.05, 0) is 80.3 Å². The zero-order valence-electron chi connectivity index (χ0n) is 20.2. The molecule has 0 saturated heterocycles. The molecule has 0 aliphatic carbocycles. The van der Waals surface area contributed by atoms with Crippen LogP contribution in [0.1, 0.15) is 34.0 Å². The molecular formula is C27H26N4O4. The Kier molecular flexibility index (Phi) is 6.38. The van der Waals surface area contributed by atoms with Gasteiger partial charge in [0.15, 0.2) is 11.5 Å². The number of carboxylic acid groups (broad SMARTS) is 1. The standard InChI is InChI=1S/C27H26N4O4/c1-15-10-12-20(13-17(15)3)31-26(32)24(18(4)30-31)29-28-23-8-6-7-21(25(23)35-5)22-14-19(27(33)34)11-9-16(22)2/h6-14,28H,1-5H3,(H,33,34)/b29-24+. The van der Waals surface area contributed by atoms with E-state index in [2.05, 4.69) is 15.6 Å². The summed E-state index contributed by atoms with van der Waals surface area (Å²) in [7, 11) is 1.53. The van der Waals surface area contributed by atoms with Crippen molar-refractivity contribution in [3.8, 4) is 16.9 Å². The second-order valence-corrected chi connectivity index (χ2v) is 8.36. The fraction of sp³-hybridized carbons (Fsp3) is 0.185. The highest BCUT2D eigenvalue weighted by molar-refractivity contribution is 6.71. The Hall–Kier alpha value is -4.46. The maximum Gasteiger partial charge on any atom is 0.335 e. The Balaban J connectivity index is 1.67. The van der Waals surface area contributed by atoms with Gasteiger partial charge in [-0.15, -0.1) is 0 Å². The van der Waals surface area contributed by atoms with Gasteiger partial charge >= 0.3 is 11.9 Å². The maximum atomic E-state index is 13.1. The molecule has 0 atom stereocenters. The molecule has 178 valence electrons. The molecule has 0 radical (unpaired) electrons. The summed E-state index contributed by atoms with van der Waals surface area (Å²) < 4.78 is 5.67. The van der Waals surface area contributed by atoms with Crippen LogP contribution in [-0.2, 0) is 4.79 Å². The van der Waals surface area contributed by atoms with E-state index in [0.29, 0.717) is 28.4 Å². The van der Waals surface area contributed by atoms with Crippen LogP contribution >= 0.6 is 0 Å². The van der Waals surface area contributed by atoms with Gasteiger partial charge in [0.2, 0.25) is 0 Å². The third-order valence-corrected chi connectivity index (χ3v) is 6.00. The summed E-state index contributed by atoms with van der Waals surface area (Å²) in [6.07, 6.45) is 0. The molecule has 1 amide bonds. The minimum atomic E-state index is -1.01. The van der Waals surface area contributed by atoms with E-state index in [9.17, 15) is 14.7 Å². The van der Waals surface area contributed by atoms with E-state index in [1.807, 2.05) is 51.1 Å². The number of carbonyl (C=O) groups is 2. The molecule has 3 aromatic carbocycles. The molecule has 4 rings (SSSR count). The van der Waals surface area contributed by atoms with Crippen molar-refractivity contribution in [2.75, 3.05) is 17.5 Å². The first kappa shape index (κ1) is 23.7. The van der Waals surface area contributed by atoms with Crippen molar-refractivity contribution in [1.82, 2.24) is 0 Å². The van der Waals surface area contributed by atoms with Crippen molar-refractivity contribution >= 4 is 34.7 Å². The minimum absolute atomic E-state index is 0.182. The molecule has 1 aliphatic rings. The molecule has 2 N–H and O–H groups in total. The largest absolute Gasteiger partial charge is 0.494 e. The zero-order chi connectivity index (χ0) is 25.3. The first-order valence-electron chi connectivity index (χ1n) is 11.0. The SMILES string of the molecule is COc1c(N/N=C2/C(=O)N(c3ccc(C)c(C)c3)N=C2C)cccc1-c1cc(C(=O)O)ccc1C. The Labute approximate surface area is 203 Å². The average molecular weight is 471 g/mol. The van der Waals surface area contributed by atoms with E-state index >= 15 is 0 Å². The topological polar surface area (TPSA) is 104 Å². The first-order chi connectivity index (χ1) is 16.7. The van der Waals surface area contributed by atoms with Crippen LogP contribution in [0, 0.1) is 20.8 Å². The molecule has 0 aromatic heterocycles. The quantitative estimate of drug-likeness (QED) is 0.484. The molecule has 8 nitrogen and oxygen atoms in total. The van der Waals surface area contributed by atoms with Gasteiger partial charge in [0.1, 0.15) is 0 Å². The number of benzene rings is 3. The van der Waals surface area contributed by atoms with E-state index in [0.717, 1.165) is 22.3 Å².